The van der Waals surface area contributed by atoms with Crippen LogP contribution in [0.15, 0.2) is 30.3 Å². The fraction of sp³-hybridized carbons (Fsp3) is 0.611. The number of benzene rings is 1. The molecule has 0 aliphatic carbocycles. The first-order valence-electron chi connectivity index (χ1n) is 8.35. The van der Waals surface area contributed by atoms with Crippen LogP contribution in [0.3, 0.4) is 0 Å². The predicted octanol–water partition coefficient (Wildman–Crippen LogP) is 1.66. The van der Waals surface area contributed by atoms with E-state index in [2.05, 4.69) is 13.8 Å². The number of likely N-dealkylation sites (N-methyl/N-ethyl adjacent to an activating group) is 1. The average molecular weight is 308 g/mol. The van der Waals surface area contributed by atoms with Gasteiger partial charge in [0.1, 0.15) is 13.2 Å². The highest BCUT2D eigenvalue weighted by Gasteiger charge is 2.19. The Labute approximate surface area is 134 Å². The van der Waals surface area contributed by atoms with Crippen LogP contribution in [0.5, 0.6) is 0 Å². The summed E-state index contributed by atoms with van der Waals surface area (Å²) in [6.45, 7) is 11.1. The van der Waals surface area contributed by atoms with Crippen LogP contribution >= 0.6 is 0 Å². The highest BCUT2D eigenvalue weighted by Crippen LogP contribution is 2.20. The lowest BCUT2D eigenvalue weighted by atomic mass is 9.97. The van der Waals surface area contributed by atoms with E-state index in [-0.39, 0.29) is 11.9 Å². The molecule has 22 heavy (non-hydrogen) atoms. The van der Waals surface area contributed by atoms with Gasteiger partial charge in [-0.25, -0.2) is 0 Å². The zero-order valence-electron chi connectivity index (χ0n) is 14.1. The first kappa shape index (κ1) is 18.7. The molecule has 0 aliphatic heterocycles. The Kier molecular flexibility index (Phi) is 9.51. The summed E-state index contributed by atoms with van der Waals surface area (Å²) in [6.07, 6.45) is 0.745. The van der Waals surface area contributed by atoms with Crippen molar-refractivity contribution in [1.29, 1.82) is 0 Å². The van der Waals surface area contributed by atoms with Gasteiger partial charge in [0.15, 0.2) is 0 Å². The molecule has 0 aliphatic rings. The summed E-state index contributed by atoms with van der Waals surface area (Å²) in [5.74, 6) is -0.340. The van der Waals surface area contributed by atoms with Crippen LogP contribution in [0, 0.1) is 0 Å². The maximum absolute atomic E-state index is 12.1. The van der Waals surface area contributed by atoms with E-state index in [4.69, 9.17) is 9.47 Å². The molecule has 1 N–H and O–H groups in total. The standard InChI is InChI=1S/C18H29NO3/c1-4-17(16-10-8-7-9-11-16)18(20)22-15-14-21-13-12-19(5-2)6-3/h7-11,17H,4-6,12-15H2,1-3H3/p+1/t17-/m1/s1. The number of quaternary nitrogens is 1. The van der Waals surface area contributed by atoms with Gasteiger partial charge in [0, 0.05) is 0 Å². The molecular weight excluding hydrogens is 278 g/mol. The highest BCUT2D eigenvalue weighted by molar-refractivity contribution is 5.78. The molecule has 0 fully saturated rings. The van der Waals surface area contributed by atoms with Gasteiger partial charge >= 0.3 is 5.97 Å². The molecule has 1 aromatic rings. The average Bonchev–Trinajstić information content (AvgIpc) is 2.56. The molecule has 0 bridgehead atoms. The largest absolute Gasteiger partial charge is 0.463 e. The normalized spacial score (nSPS) is 12.4. The molecule has 1 aromatic carbocycles. The molecule has 0 heterocycles. The van der Waals surface area contributed by atoms with Crippen LogP contribution in [0.25, 0.3) is 0 Å². The van der Waals surface area contributed by atoms with E-state index in [1.165, 1.54) is 4.90 Å². The monoisotopic (exact) mass is 308 g/mol. The maximum atomic E-state index is 12.1. The van der Waals surface area contributed by atoms with E-state index in [9.17, 15) is 4.79 Å². The zero-order chi connectivity index (χ0) is 16.2. The smallest absolute Gasteiger partial charge is 0.313 e. The van der Waals surface area contributed by atoms with Gasteiger partial charge in [-0.05, 0) is 25.8 Å². The molecule has 0 aromatic heterocycles. The van der Waals surface area contributed by atoms with Crippen LogP contribution in [0.1, 0.15) is 38.7 Å². The third-order valence-electron chi connectivity index (χ3n) is 3.97. The van der Waals surface area contributed by atoms with Gasteiger partial charge in [-0.15, -0.1) is 0 Å². The number of hydrogen-bond acceptors (Lipinski definition) is 3. The molecular formula is C18H30NO3+. The lowest BCUT2D eigenvalue weighted by Gasteiger charge is -2.16. The minimum absolute atomic E-state index is 0.160. The van der Waals surface area contributed by atoms with Gasteiger partial charge in [0.25, 0.3) is 0 Å². The highest BCUT2D eigenvalue weighted by atomic mass is 16.6. The third kappa shape index (κ3) is 6.58. The quantitative estimate of drug-likeness (QED) is 0.499. The second-order valence-corrected chi connectivity index (χ2v) is 5.36. The van der Waals surface area contributed by atoms with Crippen LogP contribution < -0.4 is 4.90 Å². The van der Waals surface area contributed by atoms with E-state index in [1.54, 1.807) is 0 Å². The van der Waals surface area contributed by atoms with Gasteiger partial charge in [-0.2, -0.15) is 0 Å². The van der Waals surface area contributed by atoms with Crippen molar-refractivity contribution in [1.82, 2.24) is 0 Å². The van der Waals surface area contributed by atoms with Crippen LogP contribution in [0.2, 0.25) is 0 Å². The van der Waals surface area contributed by atoms with Crippen molar-refractivity contribution in [3.63, 3.8) is 0 Å². The summed E-state index contributed by atoms with van der Waals surface area (Å²) < 4.78 is 10.9. The van der Waals surface area contributed by atoms with Crippen LogP contribution in [-0.2, 0) is 14.3 Å². The Morgan fingerprint density at radius 1 is 1.05 bits per heavy atom. The lowest BCUT2D eigenvalue weighted by molar-refractivity contribution is -0.896. The van der Waals surface area contributed by atoms with E-state index in [0.717, 1.165) is 31.6 Å². The fourth-order valence-corrected chi connectivity index (χ4v) is 2.45. The van der Waals surface area contributed by atoms with E-state index in [0.29, 0.717) is 19.8 Å². The lowest BCUT2D eigenvalue weighted by Crippen LogP contribution is -3.11. The Morgan fingerprint density at radius 3 is 2.32 bits per heavy atom. The molecule has 124 valence electrons. The molecule has 0 unspecified atom stereocenters. The Bertz CT molecular complexity index is 404. The Hall–Kier alpha value is -1.39. The van der Waals surface area contributed by atoms with Crippen molar-refractivity contribution in [3.8, 4) is 0 Å². The van der Waals surface area contributed by atoms with Crippen molar-refractivity contribution in [2.24, 2.45) is 0 Å². The molecule has 0 radical (unpaired) electrons. The first-order valence-corrected chi connectivity index (χ1v) is 8.35. The molecule has 0 saturated heterocycles. The van der Waals surface area contributed by atoms with E-state index >= 15 is 0 Å². The van der Waals surface area contributed by atoms with Crippen molar-refractivity contribution < 1.29 is 19.2 Å². The number of carbonyl (C=O) groups excluding carboxylic acids is 1. The van der Waals surface area contributed by atoms with Crippen LogP contribution in [-0.4, -0.2) is 45.4 Å². The molecule has 1 atom stereocenters. The second kappa shape index (κ2) is 11.2. The molecule has 0 spiro atoms. The minimum Gasteiger partial charge on any atom is -0.463 e. The topological polar surface area (TPSA) is 40.0 Å². The Morgan fingerprint density at radius 2 is 1.73 bits per heavy atom. The summed E-state index contributed by atoms with van der Waals surface area (Å²) in [6, 6.07) is 9.79. The zero-order valence-corrected chi connectivity index (χ0v) is 14.1. The summed E-state index contributed by atoms with van der Waals surface area (Å²) >= 11 is 0. The maximum Gasteiger partial charge on any atom is 0.313 e. The van der Waals surface area contributed by atoms with Gasteiger partial charge < -0.3 is 14.4 Å². The van der Waals surface area contributed by atoms with E-state index < -0.39 is 0 Å². The van der Waals surface area contributed by atoms with E-state index in [1.807, 2.05) is 37.3 Å². The van der Waals surface area contributed by atoms with Gasteiger partial charge in [-0.1, -0.05) is 37.3 Å². The number of ether oxygens (including phenoxy) is 2. The Balaban J connectivity index is 2.22. The predicted molar refractivity (Wildman–Crippen MR) is 88.2 cm³/mol. The summed E-state index contributed by atoms with van der Waals surface area (Å²) in [4.78, 5) is 13.6. The molecule has 4 nitrogen and oxygen atoms in total. The van der Waals surface area contributed by atoms with Gasteiger partial charge in [-0.3, -0.25) is 4.79 Å². The molecule has 4 heteroatoms. The number of nitrogens with one attached hydrogen (secondary N) is 1. The van der Waals surface area contributed by atoms with Crippen molar-refractivity contribution in [2.45, 2.75) is 33.1 Å². The number of hydrogen-bond donors (Lipinski definition) is 1. The summed E-state index contributed by atoms with van der Waals surface area (Å²) in [7, 11) is 0. The van der Waals surface area contributed by atoms with Gasteiger partial charge in [0.05, 0.1) is 32.2 Å². The third-order valence-corrected chi connectivity index (χ3v) is 3.97. The van der Waals surface area contributed by atoms with Gasteiger partial charge in [0.2, 0.25) is 0 Å². The number of esters is 1. The number of carbonyl (C=O) groups is 1. The fourth-order valence-electron chi connectivity index (χ4n) is 2.45. The van der Waals surface area contributed by atoms with Crippen molar-refractivity contribution >= 4 is 5.97 Å². The molecule has 1 rings (SSSR count). The number of rotatable bonds is 11. The minimum atomic E-state index is -0.179. The SMILES string of the molecule is CC[C@@H](C(=O)OCCOCC[NH+](CC)CC)c1ccccc1. The molecule has 0 amide bonds. The van der Waals surface area contributed by atoms with Crippen molar-refractivity contribution in [2.75, 3.05) is 39.5 Å². The summed E-state index contributed by atoms with van der Waals surface area (Å²) in [5.41, 5.74) is 1.01. The van der Waals surface area contributed by atoms with Crippen LogP contribution in [0.4, 0.5) is 0 Å². The second-order valence-electron chi connectivity index (χ2n) is 5.36. The van der Waals surface area contributed by atoms with Crippen molar-refractivity contribution in [3.05, 3.63) is 35.9 Å². The first-order chi connectivity index (χ1) is 10.7. The summed E-state index contributed by atoms with van der Waals surface area (Å²) in [5, 5.41) is 0. The molecule has 0 saturated carbocycles.